The van der Waals surface area contributed by atoms with Crippen LogP contribution in [-0.4, -0.2) is 66.0 Å². The van der Waals surface area contributed by atoms with E-state index in [1.807, 2.05) is 18.7 Å². The molecule has 1 aromatic heterocycles. The van der Waals surface area contributed by atoms with Gasteiger partial charge in [0, 0.05) is 37.4 Å². The molecule has 0 unspecified atom stereocenters. The van der Waals surface area contributed by atoms with Crippen LogP contribution >= 0.6 is 23.6 Å². The fraction of sp³-hybridized carbons (Fsp3) is 0.417. The van der Waals surface area contributed by atoms with Gasteiger partial charge in [-0.3, -0.25) is 9.59 Å². The van der Waals surface area contributed by atoms with Crippen molar-refractivity contribution < 1.29 is 19.1 Å². The molecule has 34 heavy (non-hydrogen) atoms. The highest BCUT2D eigenvalue weighted by Crippen LogP contribution is 2.34. The number of thiophene rings is 1. The number of methoxy groups -OCH3 is 1. The van der Waals surface area contributed by atoms with Crippen LogP contribution in [0.15, 0.2) is 24.3 Å². The lowest BCUT2D eigenvalue weighted by molar-refractivity contribution is 0.0601. The third kappa shape index (κ3) is 5.56. The number of rotatable bonds is 7. The van der Waals surface area contributed by atoms with Gasteiger partial charge in [0.25, 0.3) is 11.8 Å². The summed E-state index contributed by atoms with van der Waals surface area (Å²) >= 11 is 6.63. The van der Waals surface area contributed by atoms with Crippen molar-refractivity contribution in [3.8, 4) is 0 Å². The van der Waals surface area contributed by atoms with Crippen LogP contribution < -0.4 is 10.6 Å². The average molecular weight is 503 g/mol. The topological polar surface area (TPSA) is 91.0 Å². The molecule has 0 spiro atoms. The molecule has 1 aromatic carbocycles. The van der Waals surface area contributed by atoms with Crippen LogP contribution in [0.25, 0.3) is 0 Å². The first-order valence-corrected chi connectivity index (χ1v) is 12.5. The highest BCUT2D eigenvalue weighted by atomic mass is 32.1. The Labute approximate surface area is 209 Å². The highest BCUT2D eigenvalue weighted by molar-refractivity contribution is 7.80. The van der Waals surface area contributed by atoms with E-state index in [-0.39, 0.29) is 16.9 Å². The molecule has 1 aliphatic rings. The van der Waals surface area contributed by atoms with Gasteiger partial charge in [0.05, 0.1) is 17.6 Å². The van der Waals surface area contributed by atoms with Crippen LogP contribution in [0.1, 0.15) is 62.6 Å². The minimum Gasteiger partial charge on any atom is -0.465 e. The SMILES string of the molecule is CCN(CC)C(=O)c1sc(NC(=S)Nc2ccc(C(=O)N3CCCC3)cc2)c(C(=O)OC)c1C. The number of carbonyl (C=O) groups is 3. The standard InChI is InChI=1S/C24H30N4O4S2/c1-5-27(6-2)22(30)19-15(3)18(23(31)32-4)20(34-19)26-24(33)25-17-11-9-16(10-12-17)21(29)28-13-7-8-14-28/h9-12H,5-8,13-14H2,1-4H3,(H2,25,26,33). The summed E-state index contributed by atoms with van der Waals surface area (Å²) in [5.74, 6) is -0.641. The normalized spacial score (nSPS) is 12.9. The van der Waals surface area contributed by atoms with Gasteiger partial charge in [-0.05, 0) is 75.7 Å². The number of anilines is 2. The molecule has 10 heteroatoms. The minimum absolute atomic E-state index is 0.0342. The third-order valence-corrected chi connectivity index (χ3v) is 7.19. The van der Waals surface area contributed by atoms with Crippen LogP contribution in [0.4, 0.5) is 10.7 Å². The summed E-state index contributed by atoms with van der Waals surface area (Å²) in [7, 11) is 1.30. The Morgan fingerprint density at radius 2 is 1.71 bits per heavy atom. The van der Waals surface area contributed by atoms with Gasteiger partial charge in [0.2, 0.25) is 0 Å². The van der Waals surface area contributed by atoms with Crippen LogP contribution in [0.5, 0.6) is 0 Å². The second-order valence-corrected chi connectivity index (χ2v) is 9.31. The largest absolute Gasteiger partial charge is 0.465 e. The van der Waals surface area contributed by atoms with Crippen molar-refractivity contribution >= 4 is 57.1 Å². The van der Waals surface area contributed by atoms with E-state index in [9.17, 15) is 14.4 Å². The van der Waals surface area contributed by atoms with E-state index >= 15 is 0 Å². The molecular formula is C24H30N4O4S2. The molecule has 8 nitrogen and oxygen atoms in total. The number of amides is 2. The zero-order valence-corrected chi connectivity index (χ0v) is 21.5. The smallest absolute Gasteiger partial charge is 0.341 e. The van der Waals surface area contributed by atoms with Gasteiger partial charge in [-0.15, -0.1) is 11.3 Å². The third-order valence-electron chi connectivity index (χ3n) is 5.79. The Hall–Kier alpha value is -2.98. The van der Waals surface area contributed by atoms with Crippen molar-refractivity contribution in [2.75, 3.05) is 43.9 Å². The van der Waals surface area contributed by atoms with E-state index in [1.165, 1.54) is 18.4 Å². The lowest BCUT2D eigenvalue weighted by Gasteiger charge is -2.18. The molecule has 3 rings (SSSR count). The molecule has 0 radical (unpaired) electrons. The van der Waals surface area contributed by atoms with Gasteiger partial charge in [-0.25, -0.2) is 4.79 Å². The Balaban J connectivity index is 1.75. The fourth-order valence-corrected chi connectivity index (χ4v) is 5.32. The number of nitrogens with zero attached hydrogens (tertiary/aromatic N) is 2. The number of esters is 1. The first-order valence-electron chi connectivity index (χ1n) is 11.3. The zero-order valence-electron chi connectivity index (χ0n) is 19.9. The molecule has 0 saturated carbocycles. The van der Waals surface area contributed by atoms with Gasteiger partial charge < -0.3 is 25.2 Å². The molecule has 0 aliphatic carbocycles. The molecule has 2 N–H and O–H groups in total. The summed E-state index contributed by atoms with van der Waals surface area (Å²) in [4.78, 5) is 42.0. The van der Waals surface area contributed by atoms with Crippen molar-refractivity contribution in [2.24, 2.45) is 0 Å². The molecule has 1 aliphatic heterocycles. The van der Waals surface area contributed by atoms with E-state index in [2.05, 4.69) is 10.6 Å². The van der Waals surface area contributed by atoms with Crippen molar-refractivity contribution in [1.82, 2.24) is 9.80 Å². The molecule has 1 saturated heterocycles. The minimum atomic E-state index is -0.539. The molecule has 2 aromatic rings. The molecule has 2 heterocycles. The van der Waals surface area contributed by atoms with E-state index in [1.54, 1.807) is 36.1 Å². The number of likely N-dealkylation sites (tertiary alicyclic amines) is 1. The summed E-state index contributed by atoms with van der Waals surface area (Å²) in [6.07, 6.45) is 2.09. The number of benzene rings is 1. The Morgan fingerprint density at radius 1 is 1.09 bits per heavy atom. The molecule has 2 amide bonds. The molecule has 1 fully saturated rings. The molecule has 0 atom stereocenters. The quantitative estimate of drug-likeness (QED) is 0.429. The van der Waals surface area contributed by atoms with Crippen LogP contribution in [0.2, 0.25) is 0 Å². The molecule has 0 bridgehead atoms. The summed E-state index contributed by atoms with van der Waals surface area (Å²) in [5.41, 5.74) is 2.18. The predicted octanol–water partition coefficient (Wildman–Crippen LogP) is 4.37. The lowest BCUT2D eigenvalue weighted by atomic mass is 10.1. The summed E-state index contributed by atoms with van der Waals surface area (Å²) < 4.78 is 4.94. The van der Waals surface area contributed by atoms with Gasteiger partial charge in [-0.1, -0.05) is 0 Å². The number of hydrogen-bond donors (Lipinski definition) is 2. The first kappa shape index (κ1) is 25.6. The number of nitrogens with one attached hydrogen (secondary N) is 2. The number of carbonyl (C=O) groups excluding carboxylic acids is 3. The number of hydrogen-bond acceptors (Lipinski definition) is 6. The Morgan fingerprint density at radius 3 is 2.26 bits per heavy atom. The summed E-state index contributed by atoms with van der Waals surface area (Å²) in [5, 5.41) is 6.81. The molecule has 182 valence electrons. The maximum atomic E-state index is 12.9. The van der Waals surface area contributed by atoms with Crippen LogP contribution in [0.3, 0.4) is 0 Å². The lowest BCUT2D eigenvalue weighted by Crippen LogP contribution is -2.30. The van der Waals surface area contributed by atoms with Crippen LogP contribution in [0, 0.1) is 6.92 Å². The van der Waals surface area contributed by atoms with E-state index < -0.39 is 5.97 Å². The van der Waals surface area contributed by atoms with Crippen molar-refractivity contribution in [3.05, 3.63) is 45.8 Å². The first-order chi connectivity index (χ1) is 16.3. The predicted molar refractivity (Wildman–Crippen MR) is 139 cm³/mol. The van der Waals surface area contributed by atoms with Gasteiger partial charge in [0.1, 0.15) is 5.00 Å². The monoisotopic (exact) mass is 502 g/mol. The highest BCUT2D eigenvalue weighted by Gasteiger charge is 2.27. The number of thiocarbonyl (C=S) groups is 1. The van der Waals surface area contributed by atoms with Crippen molar-refractivity contribution in [1.29, 1.82) is 0 Å². The van der Waals surface area contributed by atoms with E-state index in [0.29, 0.717) is 45.3 Å². The van der Waals surface area contributed by atoms with Gasteiger partial charge in [-0.2, -0.15) is 0 Å². The van der Waals surface area contributed by atoms with E-state index in [4.69, 9.17) is 17.0 Å². The molecular weight excluding hydrogens is 472 g/mol. The maximum Gasteiger partial charge on any atom is 0.341 e. The van der Waals surface area contributed by atoms with Crippen molar-refractivity contribution in [2.45, 2.75) is 33.6 Å². The van der Waals surface area contributed by atoms with E-state index in [0.717, 1.165) is 25.9 Å². The van der Waals surface area contributed by atoms with Gasteiger partial charge >= 0.3 is 5.97 Å². The summed E-state index contributed by atoms with van der Waals surface area (Å²) in [6.45, 7) is 8.29. The Bertz CT molecular complexity index is 1070. The average Bonchev–Trinajstić information content (AvgIpc) is 3.48. The zero-order chi connectivity index (χ0) is 24.8. The second kappa shape index (κ2) is 11.4. The van der Waals surface area contributed by atoms with Crippen molar-refractivity contribution in [3.63, 3.8) is 0 Å². The maximum absolute atomic E-state index is 12.9. The van der Waals surface area contributed by atoms with Crippen LogP contribution in [-0.2, 0) is 4.74 Å². The Kier molecular flexibility index (Phi) is 8.62. The summed E-state index contributed by atoms with van der Waals surface area (Å²) in [6, 6.07) is 7.10. The fourth-order valence-electron chi connectivity index (χ4n) is 3.87. The second-order valence-electron chi connectivity index (χ2n) is 7.89. The van der Waals surface area contributed by atoms with Gasteiger partial charge in [0.15, 0.2) is 5.11 Å². The number of ether oxygens (including phenoxy) is 1.